The maximum absolute atomic E-state index is 13.5. The lowest BCUT2D eigenvalue weighted by molar-refractivity contribution is -0.133. The van der Waals surface area contributed by atoms with Crippen LogP contribution in [0.15, 0.2) is 28.8 Å². The molecular formula is C22H29FN4O3. The minimum Gasteiger partial charge on any atom is -0.378 e. The number of halogens is 1. The van der Waals surface area contributed by atoms with Crippen molar-refractivity contribution in [2.24, 2.45) is 5.92 Å². The number of ether oxygens (including phenoxy) is 1. The van der Waals surface area contributed by atoms with Crippen molar-refractivity contribution in [1.82, 2.24) is 15.0 Å². The number of aromatic nitrogens is 1. The van der Waals surface area contributed by atoms with E-state index in [-0.39, 0.29) is 17.6 Å². The van der Waals surface area contributed by atoms with E-state index in [1.165, 1.54) is 12.1 Å². The standard InChI is InChI=1S/C22H29FN4O3/c1-25(2)9-10-27(21(28)17-3-4-17)15-19-20(16-5-7-18(23)8-6-16)24-30-22(19)26-11-13-29-14-12-26/h5-8,17H,3-4,9-15H2,1-2H3. The van der Waals surface area contributed by atoms with Crippen LogP contribution in [0.3, 0.4) is 0 Å². The van der Waals surface area contributed by atoms with E-state index < -0.39 is 0 Å². The van der Waals surface area contributed by atoms with Crippen LogP contribution in [0, 0.1) is 11.7 Å². The minimum absolute atomic E-state index is 0.133. The van der Waals surface area contributed by atoms with E-state index in [9.17, 15) is 9.18 Å². The molecule has 0 bridgehead atoms. The molecule has 4 rings (SSSR count). The lowest BCUT2D eigenvalue weighted by Gasteiger charge is -2.29. The summed E-state index contributed by atoms with van der Waals surface area (Å²) in [5, 5.41) is 4.33. The third kappa shape index (κ3) is 4.82. The van der Waals surface area contributed by atoms with Crippen molar-refractivity contribution in [2.75, 3.05) is 58.4 Å². The average molecular weight is 416 g/mol. The quantitative estimate of drug-likeness (QED) is 0.659. The Balaban J connectivity index is 1.67. The summed E-state index contributed by atoms with van der Waals surface area (Å²) in [6.07, 6.45) is 1.92. The van der Waals surface area contributed by atoms with Crippen molar-refractivity contribution in [3.63, 3.8) is 0 Å². The zero-order chi connectivity index (χ0) is 21.1. The van der Waals surface area contributed by atoms with Crippen LogP contribution in [0.4, 0.5) is 10.3 Å². The number of morpholine rings is 1. The molecule has 0 unspecified atom stereocenters. The lowest BCUT2D eigenvalue weighted by atomic mass is 10.1. The highest BCUT2D eigenvalue weighted by Crippen LogP contribution is 2.35. The molecule has 2 heterocycles. The monoisotopic (exact) mass is 416 g/mol. The molecule has 1 aromatic heterocycles. The number of amides is 1. The molecule has 2 aliphatic rings. The molecule has 1 saturated heterocycles. The summed E-state index contributed by atoms with van der Waals surface area (Å²) in [4.78, 5) is 19.1. The fourth-order valence-corrected chi connectivity index (χ4v) is 3.66. The number of rotatable bonds is 8. The van der Waals surface area contributed by atoms with Crippen LogP contribution in [0.5, 0.6) is 0 Å². The second-order valence-electron chi connectivity index (χ2n) is 8.26. The molecule has 1 amide bonds. The second-order valence-corrected chi connectivity index (χ2v) is 8.26. The van der Waals surface area contributed by atoms with E-state index in [4.69, 9.17) is 9.26 Å². The Morgan fingerprint density at radius 2 is 1.87 bits per heavy atom. The zero-order valence-electron chi connectivity index (χ0n) is 17.6. The first-order chi connectivity index (χ1) is 14.5. The zero-order valence-corrected chi connectivity index (χ0v) is 17.6. The van der Waals surface area contributed by atoms with Gasteiger partial charge in [-0.25, -0.2) is 4.39 Å². The van der Waals surface area contributed by atoms with Crippen molar-refractivity contribution in [1.29, 1.82) is 0 Å². The molecule has 30 heavy (non-hydrogen) atoms. The van der Waals surface area contributed by atoms with Crippen molar-refractivity contribution in [2.45, 2.75) is 19.4 Å². The Hall–Kier alpha value is -2.45. The van der Waals surface area contributed by atoms with Gasteiger partial charge in [-0.05, 0) is 51.2 Å². The largest absolute Gasteiger partial charge is 0.378 e. The van der Waals surface area contributed by atoms with Crippen LogP contribution in [0.2, 0.25) is 0 Å². The molecular weight excluding hydrogens is 387 g/mol. The van der Waals surface area contributed by atoms with Gasteiger partial charge < -0.3 is 24.0 Å². The smallest absolute Gasteiger partial charge is 0.233 e. The van der Waals surface area contributed by atoms with Crippen LogP contribution in [-0.2, 0) is 16.1 Å². The first-order valence-electron chi connectivity index (χ1n) is 10.5. The van der Waals surface area contributed by atoms with Gasteiger partial charge in [-0.1, -0.05) is 5.16 Å². The van der Waals surface area contributed by atoms with Gasteiger partial charge in [0.2, 0.25) is 11.8 Å². The SMILES string of the molecule is CN(C)CCN(Cc1c(-c2ccc(F)cc2)noc1N1CCOCC1)C(=O)C1CC1. The van der Waals surface area contributed by atoms with Gasteiger partial charge in [0, 0.05) is 37.7 Å². The highest BCUT2D eigenvalue weighted by molar-refractivity contribution is 5.81. The number of hydrogen-bond donors (Lipinski definition) is 0. The Kier molecular flexibility index (Phi) is 6.34. The summed E-state index contributed by atoms with van der Waals surface area (Å²) in [5.74, 6) is 0.703. The van der Waals surface area contributed by atoms with Crippen LogP contribution in [0.25, 0.3) is 11.3 Å². The fourth-order valence-electron chi connectivity index (χ4n) is 3.66. The Morgan fingerprint density at radius 1 is 1.17 bits per heavy atom. The molecule has 0 atom stereocenters. The number of anilines is 1. The van der Waals surface area contributed by atoms with Gasteiger partial charge in [0.05, 0.1) is 25.3 Å². The van der Waals surface area contributed by atoms with Crippen molar-refractivity contribution in [3.8, 4) is 11.3 Å². The molecule has 2 aromatic rings. The van der Waals surface area contributed by atoms with E-state index >= 15 is 0 Å². The predicted molar refractivity (Wildman–Crippen MR) is 112 cm³/mol. The van der Waals surface area contributed by atoms with Crippen LogP contribution >= 0.6 is 0 Å². The number of benzene rings is 1. The molecule has 1 saturated carbocycles. The van der Waals surface area contributed by atoms with Crippen LogP contribution < -0.4 is 4.90 Å². The third-order valence-corrected chi connectivity index (χ3v) is 5.59. The van der Waals surface area contributed by atoms with E-state index in [0.29, 0.717) is 51.0 Å². The summed E-state index contributed by atoms with van der Waals surface area (Å²) in [5.41, 5.74) is 2.31. The van der Waals surface area contributed by atoms with E-state index in [0.717, 1.165) is 30.5 Å². The van der Waals surface area contributed by atoms with E-state index in [1.54, 1.807) is 12.1 Å². The number of carbonyl (C=O) groups is 1. The highest BCUT2D eigenvalue weighted by Gasteiger charge is 2.35. The molecule has 1 aromatic carbocycles. The lowest BCUT2D eigenvalue weighted by Crippen LogP contribution is -2.39. The maximum Gasteiger partial charge on any atom is 0.233 e. The molecule has 8 heteroatoms. The van der Waals surface area contributed by atoms with Crippen LogP contribution in [0.1, 0.15) is 18.4 Å². The van der Waals surface area contributed by atoms with Gasteiger partial charge in [0.1, 0.15) is 11.5 Å². The first-order valence-corrected chi connectivity index (χ1v) is 10.5. The summed E-state index contributed by atoms with van der Waals surface area (Å²) >= 11 is 0. The van der Waals surface area contributed by atoms with Crippen molar-refractivity contribution in [3.05, 3.63) is 35.6 Å². The van der Waals surface area contributed by atoms with Gasteiger partial charge in [-0.2, -0.15) is 0 Å². The highest BCUT2D eigenvalue weighted by atomic mass is 19.1. The van der Waals surface area contributed by atoms with Crippen molar-refractivity contribution >= 4 is 11.8 Å². The summed E-state index contributed by atoms with van der Waals surface area (Å²) < 4.78 is 24.7. The molecule has 1 aliphatic heterocycles. The third-order valence-electron chi connectivity index (χ3n) is 5.59. The van der Waals surface area contributed by atoms with Gasteiger partial charge in [-0.3, -0.25) is 4.79 Å². The Morgan fingerprint density at radius 3 is 2.50 bits per heavy atom. The normalized spacial score (nSPS) is 16.9. The summed E-state index contributed by atoms with van der Waals surface area (Å²) in [6.45, 7) is 4.50. The molecule has 7 nitrogen and oxygen atoms in total. The maximum atomic E-state index is 13.5. The van der Waals surface area contributed by atoms with Gasteiger partial charge >= 0.3 is 0 Å². The second kappa shape index (κ2) is 9.14. The number of likely N-dealkylation sites (N-methyl/N-ethyl adjacent to an activating group) is 1. The minimum atomic E-state index is -0.297. The van der Waals surface area contributed by atoms with Gasteiger partial charge in [-0.15, -0.1) is 0 Å². The molecule has 162 valence electrons. The van der Waals surface area contributed by atoms with Crippen molar-refractivity contribution < 1.29 is 18.4 Å². The number of nitrogens with zero attached hydrogens (tertiary/aromatic N) is 4. The average Bonchev–Trinajstić information content (AvgIpc) is 3.52. The molecule has 0 spiro atoms. The summed E-state index contributed by atoms with van der Waals surface area (Å²) in [7, 11) is 4.00. The molecule has 0 N–H and O–H groups in total. The molecule has 1 aliphatic carbocycles. The predicted octanol–water partition coefficient (Wildman–Crippen LogP) is 2.62. The number of hydrogen-bond acceptors (Lipinski definition) is 6. The van der Waals surface area contributed by atoms with Gasteiger partial charge in [0.25, 0.3) is 0 Å². The number of carbonyl (C=O) groups excluding carboxylic acids is 1. The Bertz CT molecular complexity index is 858. The van der Waals surface area contributed by atoms with E-state index in [1.807, 2.05) is 19.0 Å². The Labute approximate surface area is 176 Å². The van der Waals surface area contributed by atoms with Crippen LogP contribution in [-0.4, -0.2) is 74.4 Å². The topological polar surface area (TPSA) is 62.1 Å². The molecule has 2 fully saturated rings. The summed E-state index contributed by atoms with van der Waals surface area (Å²) in [6, 6.07) is 6.24. The fraction of sp³-hybridized carbons (Fsp3) is 0.545. The van der Waals surface area contributed by atoms with E-state index in [2.05, 4.69) is 15.0 Å². The van der Waals surface area contributed by atoms with Gasteiger partial charge in [0.15, 0.2) is 0 Å². The molecule has 0 radical (unpaired) electrons. The first kappa shape index (κ1) is 20.8.